The van der Waals surface area contributed by atoms with Gasteiger partial charge in [-0.1, -0.05) is 48.0 Å². The summed E-state index contributed by atoms with van der Waals surface area (Å²) in [5, 5.41) is 10.3. The van der Waals surface area contributed by atoms with Crippen LogP contribution in [0.5, 0.6) is 5.75 Å². The molecule has 3 N–H and O–H groups in total. The minimum Gasteiger partial charge on any atom is -0.495 e. The Morgan fingerprint density at radius 1 is 1.11 bits per heavy atom. The number of hydrogen-bond donors (Lipinski definition) is 3. The Morgan fingerprint density at radius 3 is 2.56 bits per heavy atom. The zero-order valence-corrected chi connectivity index (χ0v) is 21.1. The van der Waals surface area contributed by atoms with Gasteiger partial charge in [0.05, 0.1) is 12.1 Å². The summed E-state index contributed by atoms with van der Waals surface area (Å²) in [5.74, 6) is 1.55. The summed E-state index contributed by atoms with van der Waals surface area (Å²) in [4.78, 5) is 24.7. The third kappa shape index (κ3) is 5.39. The number of piperidine rings is 1. The second kappa shape index (κ2) is 10.7. The number of anilines is 2. The first-order chi connectivity index (χ1) is 17.5. The fourth-order valence-electron chi connectivity index (χ4n) is 4.72. The van der Waals surface area contributed by atoms with Crippen molar-refractivity contribution in [3.05, 3.63) is 76.4 Å². The average Bonchev–Trinajstić information content (AvgIpc) is 2.90. The lowest BCUT2D eigenvalue weighted by Crippen LogP contribution is -2.58. The number of carbonyl (C=O) groups is 1. The Morgan fingerprint density at radius 2 is 1.89 bits per heavy atom. The number of hydrogen-bond acceptors (Lipinski definition) is 7. The molecule has 8 nitrogen and oxygen atoms in total. The van der Waals surface area contributed by atoms with E-state index in [1.807, 2.05) is 48.5 Å². The quantitative estimate of drug-likeness (QED) is 0.427. The number of nitrogens with zero attached hydrogens (tertiary/aromatic N) is 3. The summed E-state index contributed by atoms with van der Waals surface area (Å²) in [7, 11) is 1.59. The third-order valence-electron chi connectivity index (χ3n) is 7.10. The number of methoxy groups -OCH3 is 1. The molecule has 1 amide bonds. The molecular weight excluding hydrogens is 476 g/mol. The molecule has 188 valence electrons. The zero-order valence-electron chi connectivity index (χ0n) is 20.4. The van der Waals surface area contributed by atoms with Gasteiger partial charge >= 0.3 is 0 Å². The van der Waals surface area contributed by atoms with E-state index in [-0.39, 0.29) is 5.91 Å². The number of aromatic nitrogens is 2. The minimum atomic E-state index is -0.223. The smallest absolute Gasteiger partial charge is 0.256 e. The van der Waals surface area contributed by atoms with Crippen LogP contribution < -0.4 is 25.6 Å². The van der Waals surface area contributed by atoms with Crippen LogP contribution in [-0.2, 0) is 13.1 Å². The molecule has 2 aliphatic rings. The van der Waals surface area contributed by atoms with Crippen LogP contribution in [0.2, 0.25) is 5.02 Å². The molecule has 3 aromatic rings. The fraction of sp³-hybridized carbons (Fsp3) is 0.370. The number of carbonyl (C=O) groups excluding carboxylic acids is 1. The molecule has 2 fully saturated rings. The van der Waals surface area contributed by atoms with Crippen molar-refractivity contribution in [3.8, 4) is 5.75 Å². The van der Waals surface area contributed by atoms with Crippen LogP contribution in [0.1, 0.15) is 34.3 Å². The molecule has 0 bridgehead atoms. The molecule has 2 aromatic carbocycles. The lowest BCUT2D eigenvalue weighted by atomic mass is 9.73. The minimum absolute atomic E-state index is 0.223. The topological polar surface area (TPSA) is 91.4 Å². The van der Waals surface area contributed by atoms with Gasteiger partial charge in [0.15, 0.2) is 0 Å². The highest BCUT2D eigenvalue weighted by Gasteiger charge is 2.40. The van der Waals surface area contributed by atoms with Gasteiger partial charge in [0.1, 0.15) is 17.1 Å². The summed E-state index contributed by atoms with van der Waals surface area (Å²) in [6, 6.07) is 15.4. The number of nitrogens with one attached hydrogen (secondary N) is 3. The van der Waals surface area contributed by atoms with Crippen molar-refractivity contribution in [2.75, 3.05) is 43.5 Å². The maximum atomic E-state index is 13.1. The van der Waals surface area contributed by atoms with Gasteiger partial charge < -0.3 is 25.6 Å². The first-order valence-electron chi connectivity index (χ1n) is 12.3. The molecule has 0 atom stereocenters. The Balaban J connectivity index is 1.34. The number of halogens is 1. The van der Waals surface area contributed by atoms with Crippen LogP contribution in [0.4, 0.5) is 11.8 Å². The molecule has 0 radical (unpaired) electrons. The highest BCUT2D eigenvalue weighted by Crippen LogP contribution is 2.36. The van der Waals surface area contributed by atoms with Crippen molar-refractivity contribution < 1.29 is 9.53 Å². The molecule has 36 heavy (non-hydrogen) atoms. The van der Waals surface area contributed by atoms with Gasteiger partial charge in [0.25, 0.3) is 5.91 Å². The second-order valence-corrected chi connectivity index (χ2v) is 9.92. The van der Waals surface area contributed by atoms with Gasteiger partial charge in [0.2, 0.25) is 5.95 Å². The van der Waals surface area contributed by atoms with Gasteiger partial charge in [-0.05, 0) is 41.5 Å². The fourth-order valence-corrected chi connectivity index (χ4v) is 5.00. The van der Waals surface area contributed by atoms with Crippen molar-refractivity contribution in [1.82, 2.24) is 20.6 Å². The molecular formula is C27H31ClN6O2. The zero-order chi connectivity index (χ0) is 25.0. The number of rotatable bonds is 8. The van der Waals surface area contributed by atoms with Crippen LogP contribution in [0.15, 0.2) is 54.7 Å². The Hall–Kier alpha value is -3.36. The van der Waals surface area contributed by atoms with Crippen LogP contribution in [0, 0.1) is 5.41 Å². The molecule has 2 saturated heterocycles. The normalized spacial score (nSPS) is 16.3. The maximum absolute atomic E-state index is 13.1. The van der Waals surface area contributed by atoms with Crippen LogP contribution in [0.25, 0.3) is 0 Å². The van der Waals surface area contributed by atoms with E-state index in [2.05, 4.69) is 25.8 Å². The van der Waals surface area contributed by atoms with Crippen LogP contribution >= 0.6 is 11.6 Å². The molecule has 0 aliphatic carbocycles. The van der Waals surface area contributed by atoms with Gasteiger partial charge in [0, 0.05) is 45.5 Å². The molecule has 1 spiro atoms. The summed E-state index contributed by atoms with van der Waals surface area (Å²) in [6.45, 7) is 4.90. The monoisotopic (exact) mass is 506 g/mol. The lowest BCUT2D eigenvalue weighted by Gasteiger charge is -2.48. The predicted molar refractivity (Wildman–Crippen MR) is 142 cm³/mol. The molecule has 2 aliphatic heterocycles. The SMILES string of the molecule is COc1ccc(CNc2nc(N3CCC4(CC3)CNC4)ncc2C(=O)NCc2ccccc2)cc1Cl. The summed E-state index contributed by atoms with van der Waals surface area (Å²) >= 11 is 6.31. The molecule has 3 heterocycles. The van der Waals surface area contributed by atoms with E-state index in [9.17, 15) is 4.79 Å². The van der Waals surface area contributed by atoms with Crippen LogP contribution in [-0.4, -0.2) is 49.2 Å². The van der Waals surface area contributed by atoms with Crippen molar-refractivity contribution in [2.24, 2.45) is 5.41 Å². The highest BCUT2D eigenvalue weighted by molar-refractivity contribution is 6.32. The van der Waals surface area contributed by atoms with E-state index in [1.54, 1.807) is 13.3 Å². The van der Waals surface area contributed by atoms with Gasteiger partial charge in [-0.25, -0.2) is 4.98 Å². The van der Waals surface area contributed by atoms with E-state index in [0.29, 0.717) is 46.6 Å². The van der Waals surface area contributed by atoms with Crippen molar-refractivity contribution in [3.63, 3.8) is 0 Å². The summed E-state index contributed by atoms with van der Waals surface area (Å²) in [6.07, 6.45) is 3.87. The van der Waals surface area contributed by atoms with E-state index in [0.717, 1.165) is 50.1 Å². The molecule has 0 unspecified atom stereocenters. The first-order valence-corrected chi connectivity index (χ1v) is 12.6. The summed E-state index contributed by atoms with van der Waals surface area (Å²) < 4.78 is 5.25. The number of ether oxygens (including phenoxy) is 1. The molecule has 5 rings (SSSR count). The Bertz CT molecular complexity index is 1210. The number of benzene rings is 2. The molecule has 0 saturated carbocycles. The predicted octanol–water partition coefficient (Wildman–Crippen LogP) is 3.87. The van der Waals surface area contributed by atoms with E-state index < -0.39 is 0 Å². The van der Waals surface area contributed by atoms with Gasteiger partial charge in [-0.15, -0.1) is 0 Å². The molecule has 9 heteroatoms. The average molecular weight is 507 g/mol. The molecule has 1 aromatic heterocycles. The summed E-state index contributed by atoms with van der Waals surface area (Å²) in [5.41, 5.74) is 2.82. The van der Waals surface area contributed by atoms with Crippen molar-refractivity contribution in [2.45, 2.75) is 25.9 Å². The largest absolute Gasteiger partial charge is 0.495 e. The maximum Gasteiger partial charge on any atom is 0.256 e. The number of amides is 1. The highest BCUT2D eigenvalue weighted by atomic mass is 35.5. The van der Waals surface area contributed by atoms with Gasteiger partial charge in [-0.2, -0.15) is 4.98 Å². The van der Waals surface area contributed by atoms with Crippen molar-refractivity contribution in [1.29, 1.82) is 0 Å². The Labute approximate surface area is 216 Å². The standard InChI is InChI=1S/C27H31ClN6O2/c1-36-23-8-7-20(13-22(23)28)15-30-24-21(25(35)31-14-19-5-3-2-4-6-19)16-32-26(33-24)34-11-9-27(10-12-34)17-29-18-27/h2-8,13,16,29H,9-12,14-15,17-18H2,1H3,(H,31,35)(H,30,32,33). The van der Waals surface area contributed by atoms with E-state index in [1.165, 1.54) is 0 Å². The van der Waals surface area contributed by atoms with E-state index >= 15 is 0 Å². The third-order valence-corrected chi connectivity index (χ3v) is 7.40. The Kier molecular flexibility index (Phi) is 7.25. The van der Waals surface area contributed by atoms with Gasteiger partial charge in [-0.3, -0.25) is 4.79 Å². The van der Waals surface area contributed by atoms with Crippen LogP contribution in [0.3, 0.4) is 0 Å². The lowest BCUT2D eigenvalue weighted by molar-refractivity contribution is 0.0951. The van der Waals surface area contributed by atoms with Crippen molar-refractivity contribution >= 4 is 29.3 Å². The first kappa shape index (κ1) is 24.3. The second-order valence-electron chi connectivity index (χ2n) is 9.51. The van der Waals surface area contributed by atoms with E-state index in [4.69, 9.17) is 21.3 Å².